The summed E-state index contributed by atoms with van der Waals surface area (Å²) in [5, 5.41) is 4.15. The van der Waals surface area contributed by atoms with Crippen LogP contribution in [0, 0.1) is 0 Å². The Morgan fingerprint density at radius 2 is 2.05 bits per heavy atom. The minimum absolute atomic E-state index is 0.159. The molecule has 0 unspecified atom stereocenters. The lowest BCUT2D eigenvalue weighted by atomic mass is 10.2. The largest absolute Gasteiger partial charge is 0.393 e. The second kappa shape index (κ2) is 6.29. The van der Waals surface area contributed by atoms with E-state index in [0.717, 1.165) is 5.69 Å². The summed E-state index contributed by atoms with van der Waals surface area (Å²) in [6, 6.07) is 11.1. The fourth-order valence-electron chi connectivity index (χ4n) is 1.85. The van der Waals surface area contributed by atoms with E-state index < -0.39 is 0 Å². The van der Waals surface area contributed by atoms with Gasteiger partial charge < -0.3 is 10.6 Å². The quantitative estimate of drug-likeness (QED) is 0.851. The van der Waals surface area contributed by atoms with Gasteiger partial charge in [-0.2, -0.15) is 5.10 Å². The maximum atomic E-state index is 12.5. The lowest BCUT2D eigenvalue weighted by Crippen LogP contribution is -2.34. The first-order chi connectivity index (χ1) is 9.58. The summed E-state index contributed by atoms with van der Waals surface area (Å²) in [5.74, 6) is -0.159. The third kappa shape index (κ3) is 3.42. The van der Waals surface area contributed by atoms with Crippen molar-refractivity contribution in [2.24, 2.45) is 12.8 Å². The maximum Gasteiger partial charge on any atom is 0.278 e. The molecule has 0 aliphatic carbocycles. The van der Waals surface area contributed by atoms with Gasteiger partial charge in [-0.25, -0.2) is 0 Å². The first-order valence-corrected chi connectivity index (χ1v) is 6.63. The van der Waals surface area contributed by atoms with E-state index in [1.807, 2.05) is 30.3 Å². The third-order valence-corrected chi connectivity index (χ3v) is 3.03. The van der Waals surface area contributed by atoms with Gasteiger partial charge in [0.05, 0.1) is 4.99 Å². The first-order valence-electron chi connectivity index (χ1n) is 6.23. The summed E-state index contributed by atoms with van der Waals surface area (Å²) < 4.78 is 1.60. The Kier molecular flexibility index (Phi) is 4.47. The van der Waals surface area contributed by atoms with Gasteiger partial charge in [0, 0.05) is 31.9 Å². The average molecular weight is 288 g/mol. The molecule has 5 nitrogen and oxygen atoms in total. The predicted octanol–water partition coefficient (Wildman–Crippen LogP) is 1.74. The Balaban J connectivity index is 2.26. The van der Waals surface area contributed by atoms with Crippen LogP contribution in [0.25, 0.3) is 0 Å². The number of hydrogen-bond acceptors (Lipinski definition) is 3. The number of amides is 1. The molecule has 1 aromatic heterocycles. The van der Waals surface area contributed by atoms with Crippen molar-refractivity contribution in [3.8, 4) is 0 Å². The van der Waals surface area contributed by atoms with Gasteiger partial charge in [-0.3, -0.25) is 9.48 Å². The maximum absolute atomic E-state index is 12.5. The van der Waals surface area contributed by atoms with Crippen LogP contribution in [0.15, 0.2) is 42.6 Å². The highest BCUT2D eigenvalue weighted by Gasteiger charge is 2.19. The van der Waals surface area contributed by atoms with Crippen molar-refractivity contribution in [2.75, 3.05) is 11.4 Å². The molecule has 2 N–H and O–H groups in total. The molecular formula is C14H16N4OS. The van der Waals surface area contributed by atoms with E-state index in [4.69, 9.17) is 18.0 Å². The second-order valence-corrected chi connectivity index (χ2v) is 4.91. The van der Waals surface area contributed by atoms with Crippen LogP contribution in [-0.2, 0) is 7.05 Å². The van der Waals surface area contributed by atoms with Gasteiger partial charge in [0.25, 0.3) is 5.91 Å². The number of aryl methyl sites for hydroxylation is 1. The van der Waals surface area contributed by atoms with Crippen molar-refractivity contribution < 1.29 is 4.79 Å². The molecule has 0 spiro atoms. The highest BCUT2D eigenvalue weighted by Crippen LogP contribution is 2.16. The van der Waals surface area contributed by atoms with Crippen LogP contribution < -0.4 is 10.6 Å². The molecule has 0 fully saturated rings. The van der Waals surface area contributed by atoms with Crippen molar-refractivity contribution in [1.82, 2.24) is 9.78 Å². The molecule has 1 aromatic carbocycles. The zero-order valence-corrected chi connectivity index (χ0v) is 12.0. The number of thiocarbonyl (C=S) groups is 1. The van der Waals surface area contributed by atoms with Gasteiger partial charge >= 0.3 is 0 Å². The summed E-state index contributed by atoms with van der Waals surface area (Å²) in [6.45, 7) is 0.439. The monoisotopic (exact) mass is 288 g/mol. The number of anilines is 1. The molecule has 2 aromatic rings. The zero-order valence-electron chi connectivity index (χ0n) is 11.2. The minimum atomic E-state index is -0.159. The predicted molar refractivity (Wildman–Crippen MR) is 82.7 cm³/mol. The van der Waals surface area contributed by atoms with E-state index >= 15 is 0 Å². The van der Waals surface area contributed by atoms with Crippen molar-refractivity contribution in [1.29, 1.82) is 0 Å². The fourth-order valence-corrected chi connectivity index (χ4v) is 1.94. The van der Waals surface area contributed by atoms with E-state index in [1.165, 1.54) is 0 Å². The van der Waals surface area contributed by atoms with Crippen molar-refractivity contribution in [3.05, 3.63) is 48.3 Å². The van der Waals surface area contributed by atoms with Crippen LogP contribution >= 0.6 is 12.2 Å². The number of rotatable bonds is 5. The highest BCUT2D eigenvalue weighted by atomic mass is 32.1. The summed E-state index contributed by atoms with van der Waals surface area (Å²) >= 11 is 4.89. The van der Waals surface area contributed by atoms with E-state index in [-0.39, 0.29) is 5.91 Å². The number of benzene rings is 1. The number of carbonyl (C=O) groups is 1. The molecule has 0 saturated carbocycles. The van der Waals surface area contributed by atoms with Gasteiger partial charge in [0.15, 0.2) is 5.69 Å². The van der Waals surface area contributed by atoms with Gasteiger partial charge in [-0.15, -0.1) is 0 Å². The second-order valence-electron chi connectivity index (χ2n) is 4.38. The normalized spacial score (nSPS) is 10.2. The summed E-state index contributed by atoms with van der Waals surface area (Å²) in [6.07, 6.45) is 2.22. The summed E-state index contributed by atoms with van der Waals surface area (Å²) in [4.78, 5) is 14.6. The highest BCUT2D eigenvalue weighted by molar-refractivity contribution is 7.80. The molecule has 0 aliphatic rings. The molecule has 1 heterocycles. The molecule has 0 atom stereocenters. The minimum Gasteiger partial charge on any atom is -0.393 e. The van der Waals surface area contributed by atoms with Crippen LogP contribution in [0.1, 0.15) is 16.9 Å². The summed E-state index contributed by atoms with van der Waals surface area (Å²) in [5.41, 5.74) is 6.74. The van der Waals surface area contributed by atoms with Gasteiger partial charge in [0.1, 0.15) is 0 Å². The lowest BCUT2D eigenvalue weighted by Gasteiger charge is -2.21. The third-order valence-electron chi connectivity index (χ3n) is 2.83. The average Bonchev–Trinajstić information content (AvgIpc) is 2.86. The van der Waals surface area contributed by atoms with Gasteiger partial charge in [-0.1, -0.05) is 30.4 Å². The van der Waals surface area contributed by atoms with Crippen LogP contribution in [-0.4, -0.2) is 27.2 Å². The molecule has 104 valence electrons. The Hall–Kier alpha value is -2.21. The number of aromatic nitrogens is 2. The Labute approximate surface area is 123 Å². The van der Waals surface area contributed by atoms with E-state index in [2.05, 4.69) is 5.10 Å². The molecule has 6 heteroatoms. The molecule has 2 rings (SSSR count). The standard InChI is InChI=1S/C14H16N4OS/c1-17-9-7-12(16-17)14(19)18(10-8-13(15)20)11-5-3-2-4-6-11/h2-7,9H,8,10H2,1H3,(H2,15,20). The molecule has 1 amide bonds. The molecule has 0 aliphatic heterocycles. The van der Waals surface area contributed by atoms with Crippen molar-refractivity contribution in [3.63, 3.8) is 0 Å². The number of nitrogens with two attached hydrogens (primary N) is 1. The molecule has 0 bridgehead atoms. The Morgan fingerprint density at radius 1 is 1.35 bits per heavy atom. The van der Waals surface area contributed by atoms with E-state index in [9.17, 15) is 4.79 Å². The number of nitrogens with zero attached hydrogens (tertiary/aromatic N) is 3. The number of carbonyl (C=O) groups excluding carboxylic acids is 1. The van der Waals surface area contributed by atoms with Crippen molar-refractivity contribution in [2.45, 2.75) is 6.42 Å². The van der Waals surface area contributed by atoms with Crippen LogP contribution in [0.5, 0.6) is 0 Å². The Bertz CT molecular complexity index is 609. The fraction of sp³-hybridized carbons (Fsp3) is 0.214. The smallest absolute Gasteiger partial charge is 0.278 e. The van der Waals surface area contributed by atoms with Crippen molar-refractivity contribution >= 4 is 28.8 Å². The van der Waals surface area contributed by atoms with E-state index in [1.54, 1.807) is 28.9 Å². The number of para-hydroxylation sites is 1. The van der Waals surface area contributed by atoms with Crippen LogP contribution in [0.3, 0.4) is 0 Å². The lowest BCUT2D eigenvalue weighted by molar-refractivity contribution is 0.0982. The van der Waals surface area contributed by atoms with Crippen LogP contribution in [0.4, 0.5) is 5.69 Å². The Morgan fingerprint density at radius 3 is 2.60 bits per heavy atom. The molecular weight excluding hydrogens is 272 g/mol. The first kappa shape index (κ1) is 14.2. The molecule has 0 radical (unpaired) electrons. The van der Waals surface area contributed by atoms with Gasteiger partial charge in [-0.05, 0) is 18.2 Å². The molecule has 0 saturated heterocycles. The molecule has 20 heavy (non-hydrogen) atoms. The van der Waals surface area contributed by atoms with Gasteiger partial charge in [0.2, 0.25) is 0 Å². The topological polar surface area (TPSA) is 64.2 Å². The van der Waals surface area contributed by atoms with E-state index in [0.29, 0.717) is 23.6 Å². The SMILES string of the molecule is Cn1ccc(C(=O)N(CCC(N)=S)c2ccccc2)n1. The number of hydrogen-bond donors (Lipinski definition) is 1. The zero-order chi connectivity index (χ0) is 14.5. The van der Waals surface area contributed by atoms with Crippen LogP contribution in [0.2, 0.25) is 0 Å². The summed E-state index contributed by atoms with van der Waals surface area (Å²) in [7, 11) is 1.78.